The molecule has 0 heterocycles. The number of aliphatic hydroxyl groups excluding tert-OH is 1. The monoisotopic (exact) mass is 402 g/mol. The molecule has 0 aromatic carbocycles. The van der Waals surface area contributed by atoms with E-state index in [1.54, 1.807) is 0 Å². The summed E-state index contributed by atoms with van der Waals surface area (Å²) in [5.74, 6) is -0.350. The molecule has 0 saturated heterocycles. The molecule has 0 amide bonds. The fourth-order valence-corrected chi connectivity index (χ4v) is 7.16. The fraction of sp³-hybridized carbons (Fsp3) is 0.565. The topological polar surface area (TPSA) is 74.6 Å². The summed E-state index contributed by atoms with van der Waals surface area (Å²) < 4.78 is 0. The van der Waals surface area contributed by atoms with Crippen LogP contribution in [0.4, 0.5) is 0 Å². The summed E-state index contributed by atoms with van der Waals surface area (Å²) >= 11 is 6.66. The van der Waals surface area contributed by atoms with Crippen molar-refractivity contribution in [3.63, 3.8) is 0 Å². The highest BCUT2D eigenvalue weighted by Gasteiger charge is 2.66. The number of carbonyl (C=O) groups excluding carboxylic acids is 2. The number of fused-ring (bicyclic) bond motifs is 5. The summed E-state index contributed by atoms with van der Waals surface area (Å²) in [6.45, 7) is 11.3. The maximum atomic E-state index is 12.3. The van der Waals surface area contributed by atoms with E-state index in [1.807, 2.05) is 13.0 Å². The third-order valence-corrected chi connectivity index (χ3v) is 8.83. The van der Waals surface area contributed by atoms with Gasteiger partial charge in [-0.2, -0.15) is 0 Å². The zero-order valence-corrected chi connectivity index (χ0v) is 17.2. The van der Waals surface area contributed by atoms with E-state index in [9.17, 15) is 19.8 Å². The van der Waals surface area contributed by atoms with Crippen molar-refractivity contribution in [1.82, 2.24) is 0 Å². The lowest BCUT2D eigenvalue weighted by Crippen LogP contribution is -2.58. The summed E-state index contributed by atoms with van der Waals surface area (Å²) in [5, 5.41) is 22.2. The molecule has 28 heavy (non-hydrogen) atoms. The number of ketones is 2. The third-order valence-electron chi connectivity index (χ3n) is 8.50. The van der Waals surface area contributed by atoms with Crippen LogP contribution in [0.1, 0.15) is 39.5 Å². The number of hydrogen-bond acceptors (Lipinski definition) is 4. The summed E-state index contributed by atoms with van der Waals surface area (Å²) in [5.41, 5.74) is -1.20. The van der Waals surface area contributed by atoms with Crippen LogP contribution in [0.3, 0.4) is 0 Å². The van der Waals surface area contributed by atoms with Gasteiger partial charge in [0, 0.05) is 21.4 Å². The molecule has 0 spiro atoms. The van der Waals surface area contributed by atoms with Crippen LogP contribution in [-0.4, -0.2) is 34.0 Å². The predicted molar refractivity (Wildman–Crippen MR) is 108 cm³/mol. The Kier molecular flexibility index (Phi) is 4.25. The smallest absolute Gasteiger partial charge is 0.185 e. The number of halogens is 1. The number of allylic oxidation sites excluding steroid dienone is 4. The maximum Gasteiger partial charge on any atom is 0.185 e. The summed E-state index contributed by atoms with van der Waals surface area (Å²) in [7, 11) is 0. The first-order valence-electron chi connectivity index (χ1n) is 9.91. The van der Waals surface area contributed by atoms with E-state index in [2.05, 4.69) is 13.2 Å². The molecule has 0 bridgehead atoms. The number of aliphatic hydroxyl groups is 2. The Hall–Kier alpha value is -1.49. The second-order valence-electron chi connectivity index (χ2n) is 9.23. The minimum absolute atomic E-state index is 0.00372. The van der Waals surface area contributed by atoms with Gasteiger partial charge in [-0.15, -0.1) is 0 Å². The van der Waals surface area contributed by atoms with Crippen LogP contribution in [0.25, 0.3) is 0 Å². The Morgan fingerprint density at radius 3 is 2.54 bits per heavy atom. The SMILES string of the molecule is C=C1C(=C)[C@@]2(CO)C(=CC1=O)C(Cl)=C[C@@H]1[C@@H]2CC[C@@]2(C)[C@H]1CC[C@]2(O)C(C)=O. The van der Waals surface area contributed by atoms with E-state index < -0.39 is 16.4 Å². The van der Waals surface area contributed by atoms with Gasteiger partial charge in [-0.05, 0) is 67.6 Å². The first-order chi connectivity index (χ1) is 13.0. The molecule has 0 aromatic rings. The Morgan fingerprint density at radius 2 is 1.93 bits per heavy atom. The average molecular weight is 403 g/mol. The van der Waals surface area contributed by atoms with Crippen molar-refractivity contribution < 1.29 is 19.8 Å². The molecule has 2 fully saturated rings. The molecule has 4 nitrogen and oxygen atoms in total. The summed E-state index contributed by atoms with van der Waals surface area (Å²) in [4.78, 5) is 24.7. The lowest BCUT2D eigenvalue weighted by atomic mass is 9.46. The van der Waals surface area contributed by atoms with E-state index in [0.29, 0.717) is 41.0 Å². The van der Waals surface area contributed by atoms with Gasteiger partial charge in [0.1, 0.15) is 5.60 Å². The van der Waals surface area contributed by atoms with E-state index >= 15 is 0 Å². The summed E-state index contributed by atoms with van der Waals surface area (Å²) in [6, 6.07) is 0. The highest BCUT2D eigenvalue weighted by atomic mass is 35.5. The minimum Gasteiger partial charge on any atom is -0.395 e. The zero-order valence-electron chi connectivity index (χ0n) is 16.4. The van der Waals surface area contributed by atoms with Gasteiger partial charge in [0.2, 0.25) is 0 Å². The molecule has 5 heteroatoms. The molecule has 2 N–H and O–H groups in total. The quantitative estimate of drug-likeness (QED) is 0.693. The van der Waals surface area contributed by atoms with Gasteiger partial charge in [0.05, 0.1) is 6.61 Å². The van der Waals surface area contributed by atoms with Crippen LogP contribution in [0.2, 0.25) is 0 Å². The molecule has 2 saturated carbocycles. The van der Waals surface area contributed by atoms with E-state index in [4.69, 9.17) is 11.6 Å². The first-order valence-corrected chi connectivity index (χ1v) is 10.3. The van der Waals surface area contributed by atoms with Crippen molar-refractivity contribution >= 4 is 23.2 Å². The molecule has 0 radical (unpaired) electrons. The Balaban J connectivity index is 1.88. The van der Waals surface area contributed by atoms with E-state index in [1.165, 1.54) is 13.0 Å². The number of hydrogen-bond donors (Lipinski definition) is 2. The maximum absolute atomic E-state index is 12.3. The molecule has 150 valence electrons. The molecule has 4 aliphatic rings. The van der Waals surface area contributed by atoms with E-state index in [0.717, 1.165) is 6.42 Å². The Morgan fingerprint density at radius 1 is 1.29 bits per heavy atom. The van der Waals surface area contributed by atoms with Crippen LogP contribution in [0.5, 0.6) is 0 Å². The fourth-order valence-electron chi connectivity index (χ4n) is 6.79. The largest absolute Gasteiger partial charge is 0.395 e. The third kappa shape index (κ3) is 2.09. The molecule has 0 aromatic heterocycles. The molecule has 6 atom stereocenters. The lowest BCUT2D eigenvalue weighted by Gasteiger charge is -2.58. The van der Waals surface area contributed by atoms with Crippen LogP contribution < -0.4 is 0 Å². The molecule has 0 unspecified atom stereocenters. The average Bonchev–Trinajstić information content (AvgIpc) is 2.93. The first kappa shape index (κ1) is 19.8. The number of Topliss-reactive ketones (excluding diaryl/α,β-unsaturated/α-hetero) is 1. The van der Waals surface area contributed by atoms with Gasteiger partial charge in [0.25, 0.3) is 0 Å². The standard InChI is InChI=1S/C23H27ClO4/c1-12-13(2)22(11-25)17-5-7-21(4)16(6-8-23(21,28)14(3)26)15(17)9-19(24)18(22)10-20(12)27/h9-10,15-17,25,28H,1-2,5-8,11H2,3-4H3/t15-,16-,17-,21-,22+,23-/m0/s1. The highest BCUT2D eigenvalue weighted by Crippen LogP contribution is 2.68. The van der Waals surface area contributed by atoms with Gasteiger partial charge < -0.3 is 10.2 Å². The van der Waals surface area contributed by atoms with Crippen LogP contribution in [0.15, 0.2) is 47.1 Å². The van der Waals surface area contributed by atoms with Crippen molar-refractivity contribution in [2.45, 2.75) is 45.1 Å². The van der Waals surface area contributed by atoms with Crippen LogP contribution >= 0.6 is 11.6 Å². The molecule has 4 aliphatic carbocycles. The van der Waals surface area contributed by atoms with Crippen molar-refractivity contribution in [3.05, 3.63) is 47.1 Å². The van der Waals surface area contributed by atoms with Gasteiger partial charge in [0.15, 0.2) is 11.6 Å². The van der Waals surface area contributed by atoms with Crippen molar-refractivity contribution in [1.29, 1.82) is 0 Å². The van der Waals surface area contributed by atoms with Gasteiger partial charge >= 0.3 is 0 Å². The van der Waals surface area contributed by atoms with E-state index in [-0.39, 0.29) is 35.9 Å². The van der Waals surface area contributed by atoms with Crippen LogP contribution in [-0.2, 0) is 9.59 Å². The molecular formula is C23H27ClO4. The summed E-state index contributed by atoms with van der Waals surface area (Å²) in [6.07, 6.45) is 6.01. The van der Waals surface area contributed by atoms with Crippen molar-refractivity contribution in [2.75, 3.05) is 6.61 Å². The zero-order chi connectivity index (χ0) is 20.6. The lowest BCUT2D eigenvalue weighted by molar-refractivity contribution is -0.156. The van der Waals surface area contributed by atoms with Gasteiger partial charge in [-0.1, -0.05) is 37.8 Å². The number of rotatable bonds is 2. The molecule has 4 rings (SSSR count). The molecular weight excluding hydrogens is 376 g/mol. The highest BCUT2D eigenvalue weighted by molar-refractivity contribution is 6.33. The van der Waals surface area contributed by atoms with Crippen molar-refractivity contribution in [2.24, 2.45) is 28.6 Å². The van der Waals surface area contributed by atoms with Crippen molar-refractivity contribution in [3.8, 4) is 0 Å². The minimum atomic E-state index is -1.32. The predicted octanol–water partition coefficient (Wildman–Crippen LogP) is 3.49. The van der Waals surface area contributed by atoms with Crippen LogP contribution in [0, 0.1) is 28.6 Å². The normalized spacial score (nSPS) is 45.0. The molecule has 0 aliphatic heterocycles. The van der Waals surface area contributed by atoms with Gasteiger partial charge in [-0.25, -0.2) is 0 Å². The number of carbonyl (C=O) groups is 2. The second kappa shape index (κ2) is 6.01. The second-order valence-corrected chi connectivity index (χ2v) is 9.63. The Labute approximate surface area is 170 Å². The Bertz CT molecular complexity index is 883. The van der Waals surface area contributed by atoms with Gasteiger partial charge in [-0.3, -0.25) is 9.59 Å².